The fourth-order valence-corrected chi connectivity index (χ4v) is 2.44. The molecule has 0 radical (unpaired) electrons. The molecule has 0 saturated heterocycles. The van der Waals surface area contributed by atoms with Gasteiger partial charge in [-0.15, -0.1) is 0 Å². The number of carbonyl (C=O) groups is 2. The minimum absolute atomic E-state index is 0.0393. The smallest absolute Gasteiger partial charge is 0.315 e. The summed E-state index contributed by atoms with van der Waals surface area (Å²) in [6, 6.07) is 8.76. The number of nitrogens with zero attached hydrogens (tertiary/aromatic N) is 2. The summed E-state index contributed by atoms with van der Waals surface area (Å²) in [5, 5.41) is 12.4. The van der Waals surface area contributed by atoms with E-state index in [4.69, 9.17) is 11.6 Å². The van der Waals surface area contributed by atoms with Crippen LogP contribution in [0.5, 0.6) is 0 Å². The van der Waals surface area contributed by atoms with Crippen molar-refractivity contribution in [3.8, 4) is 0 Å². The van der Waals surface area contributed by atoms with Crippen molar-refractivity contribution >= 4 is 23.5 Å². The summed E-state index contributed by atoms with van der Waals surface area (Å²) in [4.78, 5) is 32.5. The van der Waals surface area contributed by atoms with Crippen LogP contribution in [0.15, 0.2) is 36.5 Å². The Hall–Kier alpha value is -2.47. The van der Waals surface area contributed by atoms with Gasteiger partial charge in [0.25, 0.3) is 5.91 Å². The average molecular weight is 362 g/mol. The Labute approximate surface area is 151 Å². The largest absolute Gasteiger partial charge is 0.481 e. The van der Waals surface area contributed by atoms with E-state index in [-0.39, 0.29) is 23.2 Å². The third kappa shape index (κ3) is 4.14. The quantitative estimate of drug-likeness (QED) is 0.825. The number of amides is 1. The SMILES string of the molecule is CC(C)c1ncc(Cl)c(C(=O)NCC(C)(C(=O)O)c2ccccc2)n1. The molecule has 25 heavy (non-hydrogen) atoms. The van der Waals surface area contributed by atoms with Gasteiger partial charge in [0.1, 0.15) is 16.9 Å². The molecule has 132 valence electrons. The molecule has 2 rings (SSSR count). The maximum atomic E-state index is 12.5. The average Bonchev–Trinajstić information content (AvgIpc) is 2.60. The summed E-state index contributed by atoms with van der Waals surface area (Å²) >= 11 is 6.02. The van der Waals surface area contributed by atoms with E-state index in [1.165, 1.54) is 6.20 Å². The van der Waals surface area contributed by atoms with Crippen molar-refractivity contribution in [2.45, 2.75) is 32.1 Å². The predicted octanol–water partition coefficient (Wildman–Crippen LogP) is 3.03. The zero-order chi connectivity index (χ0) is 18.6. The van der Waals surface area contributed by atoms with E-state index < -0.39 is 17.3 Å². The molecule has 1 aromatic carbocycles. The van der Waals surface area contributed by atoms with Crippen LogP contribution in [0.1, 0.15) is 48.6 Å². The number of carboxylic acids is 1. The Morgan fingerprint density at radius 2 is 1.92 bits per heavy atom. The van der Waals surface area contributed by atoms with Gasteiger partial charge in [0, 0.05) is 12.5 Å². The van der Waals surface area contributed by atoms with Gasteiger partial charge in [-0.25, -0.2) is 9.97 Å². The Morgan fingerprint density at radius 3 is 2.48 bits per heavy atom. The lowest BCUT2D eigenvalue weighted by Gasteiger charge is -2.25. The number of hydrogen-bond acceptors (Lipinski definition) is 4. The van der Waals surface area contributed by atoms with Gasteiger partial charge in [-0.2, -0.15) is 0 Å². The van der Waals surface area contributed by atoms with Crippen LogP contribution in [-0.4, -0.2) is 33.5 Å². The van der Waals surface area contributed by atoms with Crippen LogP contribution in [0.25, 0.3) is 0 Å². The number of hydrogen-bond donors (Lipinski definition) is 2. The predicted molar refractivity (Wildman–Crippen MR) is 94.9 cm³/mol. The summed E-state index contributed by atoms with van der Waals surface area (Å²) in [5.41, 5.74) is -0.627. The molecule has 7 heteroatoms. The summed E-state index contributed by atoms with van der Waals surface area (Å²) in [5.74, 6) is -1.02. The standard InChI is InChI=1S/C18H20ClN3O3/c1-11(2)15-20-9-13(19)14(22-15)16(23)21-10-18(3,17(24)25)12-7-5-4-6-8-12/h4-9,11H,10H2,1-3H3,(H,21,23)(H,24,25). The van der Waals surface area contributed by atoms with E-state index >= 15 is 0 Å². The van der Waals surface area contributed by atoms with Gasteiger partial charge in [-0.1, -0.05) is 55.8 Å². The molecule has 0 bridgehead atoms. The van der Waals surface area contributed by atoms with Crippen LogP contribution in [0.2, 0.25) is 5.02 Å². The van der Waals surface area contributed by atoms with Crippen molar-refractivity contribution in [2.24, 2.45) is 0 Å². The molecular formula is C18H20ClN3O3. The maximum Gasteiger partial charge on any atom is 0.315 e. The Balaban J connectivity index is 2.23. The second kappa shape index (κ2) is 7.61. The normalized spacial score (nSPS) is 13.3. The van der Waals surface area contributed by atoms with Crippen molar-refractivity contribution < 1.29 is 14.7 Å². The van der Waals surface area contributed by atoms with Gasteiger partial charge in [0.15, 0.2) is 0 Å². The van der Waals surface area contributed by atoms with Crippen molar-refractivity contribution in [1.29, 1.82) is 0 Å². The monoisotopic (exact) mass is 361 g/mol. The molecule has 1 aromatic heterocycles. The molecule has 1 unspecified atom stereocenters. The maximum absolute atomic E-state index is 12.5. The van der Waals surface area contributed by atoms with Crippen molar-refractivity contribution in [3.05, 3.63) is 58.6 Å². The topological polar surface area (TPSA) is 92.2 Å². The van der Waals surface area contributed by atoms with Crippen LogP contribution in [0, 0.1) is 0 Å². The molecule has 0 fully saturated rings. The zero-order valence-corrected chi connectivity index (χ0v) is 15.0. The minimum Gasteiger partial charge on any atom is -0.481 e. The van der Waals surface area contributed by atoms with Gasteiger partial charge < -0.3 is 10.4 Å². The summed E-state index contributed by atoms with van der Waals surface area (Å²) in [6.07, 6.45) is 1.38. The van der Waals surface area contributed by atoms with Gasteiger partial charge >= 0.3 is 5.97 Å². The highest BCUT2D eigenvalue weighted by Crippen LogP contribution is 2.24. The number of halogens is 1. The number of aromatic nitrogens is 2. The zero-order valence-electron chi connectivity index (χ0n) is 14.3. The van der Waals surface area contributed by atoms with E-state index in [1.54, 1.807) is 37.3 Å². The highest BCUT2D eigenvalue weighted by atomic mass is 35.5. The van der Waals surface area contributed by atoms with Crippen LogP contribution in [0.4, 0.5) is 0 Å². The molecule has 1 amide bonds. The van der Waals surface area contributed by atoms with Gasteiger partial charge in [-0.05, 0) is 12.5 Å². The number of carbonyl (C=O) groups excluding carboxylic acids is 1. The second-order valence-electron chi connectivity index (χ2n) is 6.27. The lowest BCUT2D eigenvalue weighted by molar-refractivity contribution is -0.142. The third-order valence-electron chi connectivity index (χ3n) is 3.98. The van der Waals surface area contributed by atoms with E-state index in [0.29, 0.717) is 11.4 Å². The highest BCUT2D eigenvalue weighted by molar-refractivity contribution is 6.33. The number of aliphatic carboxylic acids is 1. The van der Waals surface area contributed by atoms with E-state index in [2.05, 4.69) is 15.3 Å². The van der Waals surface area contributed by atoms with Gasteiger partial charge in [-0.3, -0.25) is 9.59 Å². The number of rotatable bonds is 6. The molecule has 0 aliphatic heterocycles. The second-order valence-corrected chi connectivity index (χ2v) is 6.67. The fraction of sp³-hybridized carbons (Fsp3) is 0.333. The van der Waals surface area contributed by atoms with Gasteiger partial charge in [0.2, 0.25) is 0 Å². The molecule has 6 nitrogen and oxygen atoms in total. The highest BCUT2D eigenvalue weighted by Gasteiger charge is 2.35. The number of benzene rings is 1. The summed E-state index contributed by atoms with van der Waals surface area (Å²) in [7, 11) is 0. The van der Waals surface area contributed by atoms with Crippen molar-refractivity contribution in [1.82, 2.24) is 15.3 Å². The lowest BCUT2D eigenvalue weighted by Crippen LogP contribution is -2.44. The Kier molecular flexibility index (Phi) is 5.74. The Morgan fingerprint density at radius 1 is 1.28 bits per heavy atom. The van der Waals surface area contributed by atoms with Gasteiger partial charge in [0.05, 0.1) is 11.2 Å². The molecule has 2 N–H and O–H groups in total. The molecule has 2 aromatic rings. The first-order valence-electron chi connectivity index (χ1n) is 7.85. The van der Waals surface area contributed by atoms with Crippen LogP contribution < -0.4 is 5.32 Å². The molecule has 1 heterocycles. The third-order valence-corrected chi connectivity index (χ3v) is 4.26. The minimum atomic E-state index is -1.27. The van der Waals surface area contributed by atoms with E-state index in [1.807, 2.05) is 13.8 Å². The molecule has 0 spiro atoms. The number of nitrogens with one attached hydrogen (secondary N) is 1. The molecule has 0 saturated carbocycles. The van der Waals surface area contributed by atoms with Crippen LogP contribution in [-0.2, 0) is 10.2 Å². The fourth-order valence-electron chi connectivity index (χ4n) is 2.27. The molecule has 0 aliphatic rings. The Bertz CT molecular complexity index is 780. The molecule has 1 atom stereocenters. The first-order chi connectivity index (χ1) is 11.8. The summed E-state index contributed by atoms with van der Waals surface area (Å²) in [6.45, 7) is 5.28. The number of carboxylic acid groups (broad SMARTS) is 1. The first kappa shape index (κ1) is 18.9. The van der Waals surface area contributed by atoms with E-state index in [0.717, 1.165) is 0 Å². The lowest BCUT2D eigenvalue weighted by atomic mass is 9.82. The van der Waals surface area contributed by atoms with Crippen molar-refractivity contribution in [3.63, 3.8) is 0 Å². The van der Waals surface area contributed by atoms with Crippen molar-refractivity contribution in [2.75, 3.05) is 6.54 Å². The van der Waals surface area contributed by atoms with E-state index in [9.17, 15) is 14.7 Å². The summed E-state index contributed by atoms with van der Waals surface area (Å²) < 4.78 is 0. The first-order valence-corrected chi connectivity index (χ1v) is 8.23. The molecular weight excluding hydrogens is 342 g/mol. The van der Waals surface area contributed by atoms with Crippen LogP contribution in [0.3, 0.4) is 0 Å². The molecule has 0 aliphatic carbocycles. The van der Waals surface area contributed by atoms with Crippen LogP contribution >= 0.6 is 11.6 Å².